The van der Waals surface area contributed by atoms with Gasteiger partial charge in [0.1, 0.15) is 0 Å². The van der Waals surface area contributed by atoms with Gasteiger partial charge in [0.2, 0.25) is 0 Å². The Balaban J connectivity index is 1.94. The Bertz CT molecular complexity index is 678. The average molecular weight is 318 g/mol. The Kier molecular flexibility index (Phi) is 6.16. The van der Waals surface area contributed by atoms with Gasteiger partial charge in [-0.25, -0.2) is 8.42 Å². The van der Waals surface area contributed by atoms with Gasteiger partial charge in [-0.2, -0.15) is 0 Å². The second kappa shape index (κ2) is 8.11. The SMILES string of the molecule is CCOCc1cccc(CCS(=O)(=O)Cc2ccccc2)c1. The summed E-state index contributed by atoms with van der Waals surface area (Å²) in [6.07, 6.45) is 0.537. The van der Waals surface area contributed by atoms with Crippen molar-refractivity contribution in [2.24, 2.45) is 0 Å². The molecule has 4 heteroatoms. The lowest BCUT2D eigenvalue weighted by molar-refractivity contribution is 0.134. The van der Waals surface area contributed by atoms with E-state index >= 15 is 0 Å². The molecule has 0 aliphatic rings. The summed E-state index contributed by atoms with van der Waals surface area (Å²) in [5.74, 6) is 0.270. The number of ether oxygens (including phenoxy) is 1. The average Bonchev–Trinajstić information content (AvgIpc) is 2.52. The Morgan fingerprint density at radius 1 is 0.909 bits per heavy atom. The van der Waals surface area contributed by atoms with Gasteiger partial charge in [-0.3, -0.25) is 0 Å². The van der Waals surface area contributed by atoms with Crippen LogP contribution in [0.2, 0.25) is 0 Å². The molecule has 2 aromatic rings. The summed E-state index contributed by atoms with van der Waals surface area (Å²) in [5, 5.41) is 0. The van der Waals surface area contributed by atoms with Crippen molar-refractivity contribution in [3.63, 3.8) is 0 Å². The molecule has 0 fully saturated rings. The van der Waals surface area contributed by atoms with Crippen LogP contribution < -0.4 is 0 Å². The fourth-order valence-electron chi connectivity index (χ4n) is 2.27. The number of hydrogen-bond acceptors (Lipinski definition) is 3. The van der Waals surface area contributed by atoms with Crippen molar-refractivity contribution in [1.29, 1.82) is 0 Å². The van der Waals surface area contributed by atoms with Crippen molar-refractivity contribution in [1.82, 2.24) is 0 Å². The van der Waals surface area contributed by atoms with E-state index < -0.39 is 9.84 Å². The molecule has 0 saturated heterocycles. The number of sulfone groups is 1. The van der Waals surface area contributed by atoms with Crippen LogP contribution in [0.4, 0.5) is 0 Å². The molecule has 3 nitrogen and oxygen atoms in total. The summed E-state index contributed by atoms with van der Waals surface area (Å²) in [4.78, 5) is 0. The van der Waals surface area contributed by atoms with Gasteiger partial charge in [0.05, 0.1) is 18.1 Å². The van der Waals surface area contributed by atoms with Crippen LogP contribution in [-0.4, -0.2) is 20.8 Å². The first-order valence-corrected chi connectivity index (χ1v) is 9.31. The van der Waals surface area contributed by atoms with Crippen LogP contribution in [0.25, 0.3) is 0 Å². The van der Waals surface area contributed by atoms with Crippen LogP contribution in [0.15, 0.2) is 54.6 Å². The molecule has 0 aromatic heterocycles. The summed E-state index contributed by atoms with van der Waals surface area (Å²) in [6, 6.07) is 17.2. The van der Waals surface area contributed by atoms with Crippen LogP contribution in [0.1, 0.15) is 23.6 Å². The maximum Gasteiger partial charge on any atom is 0.154 e. The summed E-state index contributed by atoms with van der Waals surface area (Å²) < 4.78 is 29.8. The largest absolute Gasteiger partial charge is 0.377 e. The fraction of sp³-hybridized carbons (Fsp3) is 0.333. The maximum atomic E-state index is 12.2. The van der Waals surface area contributed by atoms with E-state index in [9.17, 15) is 8.42 Å². The van der Waals surface area contributed by atoms with Crippen LogP contribution in [0.5, 0.6) is 0 Å². The van der Waals surface area contributed by atoms with Crippen molar-refractivity contribution < 1.29 is 13.2 Å². The van der Waals surface area contributed by atoms with E-state index in [0.717, 1.165) is 16.7 Å². The molecule has 22 heavy (non-hydrogen) atoms. The van der Waals surface area contributed by atoms with Crippen molar-refractivity contribution in [2.75, 3.05) is 12.4 Å². The molecule has 0 heterocycles. The lowest BCUT2D eigenvalue weighted by atomic mass is 10.1. The number of rotatable bonds is 8. The lowest BCUT2D eigenvalue weighted by Gasteiger charge is -2.07. The molecule has 0 N–H and O–H groups in total. The number of aryl methyl sites for hydroxylation is 1. The van der Waals surface area contributed by atoms with E-state index in [0.29, 0.717) is 19.6 Å². The number of hydrogen-bond donors (Lipinski definition) is 0. The molecule has 0 aliphatic carbocycles. The van der Waals surface area contributed by atoms with Gasteiger partial charge in [-0.15, -0.1) is 0 Å². The molecule has 118 valence electrons. The van der Waals surface area contributed by atoms with Crippen molar-refractivity contribution in [3.05, 3.63) is 71.3 Å². The molecule has 0 amide bonds. The first-order chi connectivity index (χ1) is 10.6. The Morgan fingerprint density at radius 2 is 1.59 bits per heavy atom. The van der Waals surface area contributed by atoms with Crippen LogP contribution in [0.3, 0.4) is 0 Å². The first kappa shape index (κ1) is 16.7. The van der Waals surface area contributed by atoms with E-state index in [1.54, 1.807) is 0 Å². The third-order valence-corrected chi connectivity index (χ3v) is 4.99. The lowest BCUT2D eigenvalue weighted by Crippen LogP contribution is -2.11. The molecule has 0 atom stereocenters. The van der Waals surface area contributed by atoms with E-state index in [-0.39, 0.29) is 11.5 Å². The molecule has 0 unspecified atom stereocenters. The highest BCUT2D eigenvalue weighted by atomic mass is 32.2. The smallest absolute Gasteiger partial charge is 0.154 e. The van der Waals surface area contributed by atoms with Gasteiger partial charge in [0.25, 0.3) is 0 Å². The third-order valence-electron chi connectivity index (χ3n) is 3.40. The minimum Gasteiger partial charge on any atom is -0.377 e. The Hall–Kier alpha value is -1.65. The van der Waals surface area contributed by atoms with Gasteiger partial charge in [-0.1, -0.05) is 54.6 Å². The molecular weight excluding hydrogens is 296 g/mol. The van der Waals surface area contributed by atoms with Gasteiger partial charge in [-0.05, 0) is 30.0 Å². The molecule has 0 aliphatic heterocycles. The third kappa shape index (κ3) is 5.62. The van der Waals surface area contributed by atoms with E-state index in [4.69, 9.17) is 4.74 Å². The Labute approximate surface area is 132 Å². The van der Waals surface area contributed by atoms with Gasteiger partial charge in [0.15, 0.2) is 9.84 Å². The van der Waals surface area contributed by atoms with E-state index in [2.05, 4.69) is 0 Å². The minimum absolute atomic E-state index is 0.104. The highest BCUT2D eigenvalue weighted by molar-refractivity contribution is 7.90. The van der Waals surface area contributed by atoms with Gasteiger partial charge in [0, 0.05) is 6.61 Å². The predicted octanol–water partition coefficient (Wildman–Crippen LogP) is 3.38. The summed E-state index contributed by atoms with van der Waals surface area (Å²) in [6.45, 7) is 3.21. The fourth-order valence-corrected chi connectivity index (χ4v) is 3.66. The van der Waals surface area contributed by atoms with Gasteiger partial charge < -0.3 is 4.74 Å². The highest BCUT2D eigenvalue weighted by Gasteiger charge is 2.12. The zero-order valence-electron chi connectivity index (χ0n) is 12.9. The molecule has 0 bridgehead atoms. The second-order valence-electron chi connectivity index (χ2n) is 5.28. The molecule has 0 radical (unpaired) electrons. The van der Waals surface area contributed by atoms with Crippen molar-refractivity contribution >= 4 is 9.84 Å². The summed E-state index contributed by atoms with van der Waals surface area (Å²) >= 11 is 0. The van der Waals surface area contributed by atoms with Crippen LogP contribution in [0, 0.1) is 0 Å². The maximum absolute atomic E-state index is 12.2. The topological polar surface area (TPSA) is 43.4 Å². The van der Waals surface area contributed by atoms with Crippen LogP contribution in [-0.2, 0) is 33.4 Å². The minimum atomic E-state index is -3.09. The molecular formula is C18H22O3S. The van der Waals surface area contributed by atoms with E-state index in [1.807, 2.05) is 61.5 Å². The molecule has 2 aromatic carbocycles. The quantitative estimate of drug-likeness (QED) is 0.749. The predicted molar refractivity (Wildman–Crippen MR) is 89.4 cm³/mol. The summed E-state index contributed by atoms with van der Waals surface area (Å²) in [5.41, 5.74) is 2.96. The summed E-state index contributed by atoms with van der Waals surface area (Å²) in [7, 11) is -3.09. The number of benzene rings is 2. The van der Waals surface area contributed by atoms with Crippen LogP contribution >= 0.6 is 0 Å². The highest BCUT2D eigenvalue weighted by Crippen LogP contribution is 2.11. The van der Waals surface area contributed by atoms with Crippen molar-refractivity contribution in [3.8, 4) is 0 Å². The second-order valence-corrected chi connectivity index (χ2v) is 7.47. The standard InChI is InChI=1S/C18H22O3S/c1-2-21-14-18-10-6-9-16(13-18)11-12-22(19,20)15-17-7-4-3-5-8-17/h3-10,13H,2,11-12,14-15H2,1H3. The molecule has 0 saturated carbocycles. The monoisotopic (exact) mass is 318 g/mol. The van der Waals surface area contributed by atoms with Crippen molar-refractivity contribution in [2.45, 2.75) is 25.7 Å². The molecule has 0 spiro atoms. The van der Waals surface area contributed by atoms with Gasteiger partial charge >= 0.3 is 0 Å². The van der Waals surface area contributed by atoms with E-state index in [1.165, 1.54) is 0 Å². The molecule has 2 rings (SSSR count). The zero-order valence-corrected chi connectivity index (χ0v) is 13.7. The normalized spacial score (nSPS) is 11.5. The Morgan fingerprint density at radius 3 is 2.32 bits per heavy atom. The first-order valence-electron chi connectivity index (χ1n) is 7.49. The zero-order chi connectivity index (χ0) is 15.8.